The van der Waals surface area contributed by atoms with E-state index < -0.39 is 0 Å². The number of hydrogen-bond acceptors (Lipinski definition) is 1. The van der Waals surface area contributed by atoms with Gasteiger partial charge in [0.2, 0.25) is 0 Å². The Morgan fingerprint density at radius 2 is 1.81 bits per heavy atom. The number of fused-ring (bicyclic) bond motifs is 6. The normalized spacial score (nSPS) is 11.6. The van der Waals surface area contributed by atoms with Gasteiger partial charge in [0.25, 0.3) is 0 Å². The topological polar surface area (TPSA) is 4.93 Å². The molecule has 0 saturated heterocycles. The molecule has 4 aromatic rings. The molecular formula is C25H18BrCl2NSZr-2. The van der Waals surface area contributed by atoms with Gasteiger partial charge in [0, 0.05) is 12.6 Å². The molecule has 1 nitrogen and oxygen atoms in total. The smallest absolute Gasteiger partial charge is 0.0528 e. The van der Waals surface area contributed by atoms with E-state index in [0.717, 1.165) is 40.0 Å². The van der Waals surface area contributed by atoms with E-state index >= 15 is 0 Å². The van der Waals surface area contributed by atoms with Gasteiger partial charge < -0.3 is 29.4 Å². The van der Waals surface area contributed by atoms with Gasteiger partial charge in [0.1, 0.15) is 0 Å². The van der Waals surface area contributed by atoms with Crippen molar-refractivity contribution < 1.29 is 47.5 Å². The van der Waals surface area contributed by atoms with Crippen LogP contribution < -0.4 is 24.8 Å². The number of aromatic nitrogens is 1. The van der Waals surface area contributed by atoms with Crippen LogP contribution in [0.25, 0.3) is 28.1 Å². The second-order valence-electron chi connectivity index (χ2n) is 7.01. The third-order valence-electron chi connectivity index (χ3n) is 5.42. The number of para-hydroxylation sites is 1. The summed E-state index contributed by atoms with van der Waals surface area (Å²) in [4.78, 5) is 0. The molecule has 156 valence electrons. The molecule has 1 heterocycles. The zero-order chi connectivity index (χ0) is 20.4. The fourth-order valence-electron chi connectivity index (χ4n) is 4.12. The fourth-order valence-corrected chi connectivity index (χ4v) is 4.51. The maximum atomic E-state index is 4.17. The summed E-state index contributed by atoms with van der Waals surface area (Å²) in [6.07, 6.45) is 6.38. The van der Waals surface area contributed by atoms with Gasteiger partial charge in [-0.25, -0.2) is 0 Å². The van der Waals surface area contributed by atoms with Crippen LogP contribution in [0, 0.1) is 12.1 Å². The molecule has 0 radical (unpaired) electrons. The third-order valence-corrected chi connectivity index (χ3v) is 5.88. The van der Waals surface area contributed by atoms with Crippen LogP contribution in [0.5, 0.6) is 0 Å². The van der Waals surface area contributed by atoms with Gasteiger partial charge in [-0.15, -0.1) is 92.8 Å². The van der Waals surface area contributed by atoms with Crippen molar-refractivity contribution in [3.05, 3.63) is 99.7 Å². The second kappa shape index (κ2) is 11.8. The third kappa shape index (κ3) is 5.20. The summed E-state index contributed by atoms with van der Waals surface area (Å²) in [6.45, 7) is 0. The molecule has 3 aromatic carbocycles. The first-order chi connectivity index (χ1) is 14.2. The number of benzene rings is 3. The summed E-state index contributed by atoms with van der Waals surface area (Å²) in [5, 5.41) is 1.34. The standard InChI is InChI=1S/C16H11BrN.C9H7.2ClH.S.Zr/c1-18-14-5-3-2-4-13(14)16-12-7-6-11(17)8-10(12)9-15(16)18;1-2-5-9-7-3-6-8(9)4-1;;;;/h2-6,8H,9H2,1H3;1-4,7H,6H2;2*1H;;/q2*-1;;;;+2/p-2. The van der Waals surface area contributed by atoms with Gasteiger partial charge in [-0.2, -0.15) is 0 Å². The SMILES string of the molecule is Cn1c2c(c3ccccc31)-c1[c-]cc(Br)cc1C2.[Cl-].[Cl-].[S]=[Zr+2].[c-]1cccc2c1C=CC2. The predicted molar refractivity (Wildman–Crippen MR) is 123 cm³/mol. The first-order valence-corrected chi connectivity index (χ1v) is 13.6. The van der Waals surface area contributed by atoms with Gasteiger partial charge in [-0.1, -0.05) is 34.7 Å². The monoisotopic (exact) mass is 603 g/mol. The molecule has 0 unspecified atom stereocenters. The average Bonchev–Trinajstić information content (AvgIpc) is 3.45. The van der Waals surface area contributed by atoms with Crippen molar-refractivity contribution in [1.82, 2.24) is 4.57 Å². The Hall–Kier alpha value is -0.897. The number of rotatable bonds is 0. The number of nitrogens with zero attached hydrogens (tertiary/aromatic N) is 1. The Bertz CT molecular complexity index is 1240. The first-order valence-electron chi connectivity index (χ1n) is 9.35. The molecule has 1 aromatic heterocycles. The zero-order valence-electron chi connectivity index (χ0n) is 16.8. The molecule has 0 fully saturated rings. The van der Waals surface area contributed by atoms with Crippen molar-refractivity contribution >= 4 is 41.8 Å². The quantitative estimate of drug-likeness (QED) is 0.239. The number of halogens is 3. The van der Waals surface area contributed by atoms with Crippen molar-refractivity contribution in [2.75, 3.05) is 0 Å². The number of aryl methyl sites for hydroxylation is 1. The van der Waals surface area contributed by atoms with E-state index in [1.165, 1.54) is 44.4 Å². The van der Waals surface area contributed by atoms with Gasteiger partial charge in [-0.05, 0) is 23.6 Å². The van der Waals surface area contributed by atoms with Crippen LogP contribution in [-0.4, -0.2) is 4.57 Å². The van der Waals surface area contributed by atoms with Gasteiger partial charge in [0.15, 0.2) is 0 Å². The van der Waals surface area contributed by atoms with Crippen molar-refractivity contribution in [1.29, 1.82) is 0 Å². The van der Waals surface area contributed by atoms with Crippen LogP contribution in [0.3, 0.4) is 0 Å². The molecule has 0 amide bonds. The Kier molecular flexibility index (Phi) is 10.0. The Morgan fingerprint density at radius 1 is 1.03 bits per heavy atom. The van der Waals surface area contributed by atoms with E-state index in [1.807, 2.05) is 18.2 Å². The summed E-state index contributed by atoms with van der Waals surface area (Å²) in [5.41, 5.74) is 9.39. The second-order valence-corrected chi connectivity index (χ2v) is 7.92. The van der Waals surface area contributed by atoms with Crippen LogP contribution in [0.15, 0.2) is 65.1 Å². The maximum absolute atomic E-state index is 4.17. The van der Waals surface area contributed by atoms with E-state index in [9.17, 15) is 0 Å². The van der Waals surface area contributed by atoms with E-state index in [0.29, 0.717) is 0 Å². The minimum Gasteiger partial charge on any atom is -0.147 e. The Labute approximate surface area is 222 Å². The Morgan fingerprint density at radius 3 is 2.58 bits per heavy atom. The molecule has 0 bridgehead atoms. The fraction of sp³-hybridized carbons (Fsp3) is 0.120. The summed E-state index contributed by atoms with van der Waals surface area (Å²) in [5.74, 6) is 0. The van der Waals surface area contributed by atoms with Crippen LogP contribution in [0.2, 0.25) is 0 Å². The molecule has 2 aliphatic rings. The van der Waals surface area contributed by atoms with Gasteiger partial charge >= 0.3 is 31.5 Å². The average molecular weight is 607 g/mol. The molecule has 0 aliphatic heterocycles. The van der Waals surface area contributed by atoms with Crippen LogP contribution in [0.4, 0.5) is 0 Å². The number of hydrogen-bond donors (Lipinski definition) is 0. The summed E-state index contributed by atoms with van der Waals surface area (Å²) in [7, 11) is 6.33. The maximum Gasteiger partial charge on any atom is -0.0528 e. The molecule has 6 rings (SSSR count). The largest absolute Gasteiger partial charge is 0.147 e. The Balaban J connectivity index is 0.000000224. The van der Waals surface area contributed by atoms with Crippen molar-refractivity contribution in [2.24, 2.45) is 7.05 Å². The van der Waals surface area contributed by atoms with Crippen LogP contribution >= 0.6 is 24.8 Å². The van der Waals surface area contributed by atoms with E-state index in [1.54, 1.807) is 0 Å². The summed E-state index contributed by atoms with van der Waals surface area (Å²) >= 11 is 4.66. The van der Waals surface area contributed by atoms with Crippen LogP contribution in [-0.2, 0) is 42.6 Å². The molecule has 2 aliphatic carbocycles. The van der Waals surface area contributed by atoms with Gasteiger partial charge in [-0.3, -0.25) is 0 Å². The zero-order valence-corrected chi connectivity index (χ0v) is 23.1. The van der Waals surface area contributed by atoms with Crippen LogP contribution in [0.1, 0.15) is 22.4 Å². The van der Waals surface area contributed by atoms with E-state index in [4.69, 9.17) is 0 Å². The molecule has 0 atom stereocenters. The molecule has 0 N–H and O–H groups in total. The number of allylic oxidation sites excluding steroid dienone is 1. The minimum atomic E-state index is 0. The molecule has 0 saturated carbocycles. The van der Waals surface area contributed by atoms with Crippen molar-refractivity contribution in [3.8, 4) is 11.1 Å². The molecule has 0 spiro atoms. The molecule has 31 heavy (non-hydrogen) atoms. The minimum absolute atomic E-state index is 0. The summed E-state index contributed by atoms with van der Waals surface area (Å²) < 4.78 is 3.42. The molecule has 6 heteroatoms. The van der Waals surface area contributed by atoms with Crippen molar-refractivity contribution in [2.45, 2.75) is 12.8 Å². The first kappa shape index (κ1) is 26.4. The summed E-state index contributed by atoms with van der Waals surface area (Å²) in [6, 6.07) is 25.5. The van der Waals surface area contributed by atoms with Gasteiger partial charge in [0.05, 0.1) is 0 Å². The molecular weight excluding hydrogens is 588 g/mol. The van der Waals surface area contributed by atoms with E-state index in [2.05, 4.69) is 97.1 Å². The van der Waals surface area contributed by atoms with E-state index in [-0.39, 0.29) is 24.8 Å². The predicted octanol–water partition coefficient (Wildman–Crippen LogP) is 1.02. The van der Waals surface area contributed by atoms with Crippen molar-refractivity contribution in [3.63, 3.8) is 0 Å².